The first-order valence-corrected chi connectivity index (χ1v) is 11.9. The highest BCUT2D eigenvalue weighted by atomic mass is 16.5. The van der Waals surface area contributed by atoms with Crippen LogP contribution >= 0.6 is 0 Å². The van der Waals surface area contributed by atoms with Gasteiger partial charge in [-0.2, -0.15) is 0 Å². The predicted octanol–water partition coefficient (Wildman–Crippen LogP) is 5.39. The molecule has 0 saturated heterocycles. The third-order valence-electron chi connectivity index (χ3n) is 5.62. The summed E-state index contributed by atoms with van der Waals surface area (Å²) in [7, 11) is 0. The number of carbonyl (C=O) groups excluding carboxylic acids is 2. The average molecular weight is 465 g/mol. The molecule has 0 spiro atoms. The molecule has 1 aliphatic rings. The second-order valence-corrected chi connectivity index (χ2v) is 9.69. The van der Waals surface area contributed by atoms with Crippen LogP contribution in [0.15, 0.2) is 54.2 Å². The van der Waals surface area contributed by atoms with Crippen molar-refractivity contribution in [2.24, 2.45) is 0 Å². The van der Waals surface area contributed by atoms with Crippen molar-refractivity contribution in [1.82, 2.24) is 4.90 Å². The molecule has 6 heteroatoms. The minimum atomic E-state index is -0.321. The van der Waals surface area contributed by atoms with Gasteiger partial charge in [0, 0.05) is 18.8 Å². The van der Waals surface area contributed by atoms with Crippen molar-refractivity contribution >= 4 is 23.1 Å². The molecule has 1 N–H and O–H groups in total. The van der Waals surface area contributed by atoms with Crippen LogP contribution in [0.5, 0.6) is 5.75 Å². The number of hydrogen-bond acceptors (Lipinski definition) is 5. The zero-order chi connectivity index (χ0) is 24.9. The van der Waals surface area contributed by atoms with E-state index in [2.05, 4.69) is 26.1 Å². The Morgan fingerprint density at radius 1 is 0.941 bits per heavy atom. The van der Waals surface area contributed by atoms with Crippen molar-refractivity contribution in [2.45, 2.75) is 59.5 Å². The number of nitrogens with zero attached hydrogens (tertiary/aromatic N) is 1. The van der Waals surface area contributed by atoms with Crippen molar-refractivity contribution < 1.29 is 19.1 Å². The van der Waals surface area contributed by atoms with Crippen LogP contribution in [-0.2, 0) is 19.7 Å². The molecule has 0 unspecified atom stereocenters. The largest absolute Gasteiger partial charge is 0.494 e. The smallest absolute Gasteiger partial charge is 0.278 e. The van der Waals surface area contributed by atoms with Gasteiger partial charge in [0.15, 0.2) is 0 Å². The van der Waals surface area contributed by atoms with Crippen molar-refractivity contribution in [3.63, 3.8) is 0 Å². The van der Waals surface area contributed by atoms with Gasteiger partial charge in [0.25, 0.3) is 11.8 Å². The Kier molecular flexibility index (Phi) is 8.15. The summed E-state index contributed by atoms with van der Waals surface area (Å²) in [6.45, 7) is 13.7. The number of benzene rings is 2. The van der Waals surface area contributed by atoms with Crippen molar-refractivity contribution in [2.75, 3.05) is 25.1 Å². The van der Waals surface area contributed by atoms with Crippen molar-refractivity contribution in [3.05, 3.63) is 65.4 Å². The Hall–Kier alpha value is -3.12. The summed E-state index contributed by atoms with van der Waals surface area (Å²) < 4.78 is 11.1. The number of nitrogens with one attached hydrogen (secondary N) is 1. The molecule has 2 aromatic carbocycles. The molecule has 0 saturated carbocycles. The van der Waals surface area contributed by atoms with Gasteiger partial charge in [0.05, 0.1) is 18.3 Å². The lowest BCUT2D eigenvalue weighted by Gasteiger charge is -2.19. The molecule has 0 aliphatic carbocycles. The van der Waals surface area contributed by atoms with Crippen LogP contribution in [0.3, 0.4) is 0 Å². The Bertz CT molecular complexity index is 1030. The lowest BCUT2D eigenvalue weighted by Crippen LogP contribution is -2.34. The molecule has 1 heterocycles. The zero-order valence-corrected chi connectivity index (χ0v) is 21.1. The highest BCUT2D eigenvalue weighted by Crippen LogP contribution is 2.32. The van der Waals surface area contributed by atoms with Gasteiger partial charge in [-0.05, 0) is 68.0 Å². The first-order chi connectivity index (χ1) is 16.1. The van der Waals surface area contributed by atoms with Gasteiger partial charge in [-0.25, -0.2) is 0 Å². The number of rotatable bonds is 10. The number of hydrogen-bond donors (Lipinski definition) is 1. The van der Waals surface area contributed by atoms with E-state index in [9.17, 15) is 9.59 Å². The molecule has 0 bridgehead atoms. The Labute approximate surface area is 202 Å². The maximum Gasteiger partial charge on any atom is 0.278 e. The van der Waals surface area contributed by atoms with E-state index in [0.717, 1.165) is 11.4 Å². The summed E-state index contributed by atoms with van der Waals surface area (Å²) in [4.78, 5) is 28.0. The molecule has 182 valence electrons. The van der Waals surface area contributed by atoms with E-state index >= 15 is 0 Å². The lowest BCUT2D eigenvalue weighted by atomic mass is 9.87. The molecule has 3 rings (SSSR count). The first kappa shape index (κ1) is 25.5. The molecule has 0 radical (unpaired) electrons. The van der Waals surface area contributed by atoms with Gasteiger partial charge in [0.1, 0.15) is 11.4 Å². The summed E-state index contributed by atoms with van der Waals surface area (Å²) in [5, 5.41) is 3.23. The van der Waals surface area contributed by atoms with Crippen LogP contribution in [0.1, 0.15) is 59.1 Å². The van der Waals surface area contributed by atoms with Crippen LogP contribution in [0.25, 0.3) is 5.57 Å². The van der Waals surface area contributed by atoms with Gasteiger partial charge in [-0.1, -0.05) is 45.0 Å². The fourth-order valence-corrected chi connectivity index (χ4v) is 3.79. The summed E-state index contributed by atoms with van der Waals surface area (Å²) in [6, 6.07) is 15.3. The summed E-state index contributed by atoms with van der Waals surface area (Å²) >= 11 is 0. The van der Waals surface area contributed by atoms with Crippen molar-refractivity contribution in [1.29, 1.82) is 0 Å². The summed E-state index contributed by atoms with van der Waals surface area (Å²) in [5.41, 5.74) is 3.33. The van der Waals surface area contributed by atoms with Crippen molar-refractivity contribution in [3.8, 4) is 5.75 Å². The van der Waals surface area contributed by atoms with E-state index in [1.807, 2.05) is 69.3 Å². The van der Waals surface area contributed by atoms with Gasteiger partial charge >= 0.3 is 0 Å². The molecule has 0 fully saturated rings. The van der Waals surface area contributed by atoms with Crippen LogP contribution in [0, 0.1) is 0 Å². The lowest BCUT2D eigenvalue weighted by molar-refractivity contribution is -0.137. The molecule has 0 atom stereocenters. The second-order valence-electron chi connectivity index (χ2n) is 9.69. The van der Waals surface area contributed by atoms with Crippen LogP contribution < -0.4 is 10.1 Å². The average Bonchev–Trinajstić information content (AvgIpc) is 3.01. The van der Waals surface area contributed by atoms with Gasteiger partial charge in [-0.3, -0.25) is 14.5 Å². The van der Waals surface area contributed by atoms with E-state index in [1.165, 1.54) is 10.5 Å². The highest BCUT2D eigenvalue weighted by Gasteiger charge is 2.39. The van der Waals surface area contributed by atoms with E-state index in [1.54, 1.807) is 0 Å². The Morgan fingerprint density at radius 3 is 2.15 bits per heavy atom. The quantitative estimate of drug-likeness (QED) is 0.377. The van der Waals surface area contributed by atoms with E-state index in [4.69, 9.17) is 9.47 Å². The first-order valence-electron chi connectivity index (χ1n) is 11.9. The number of imide groups is 1. The van der Waals surface area contributed by atoms with E-state index in [0.29, 0.717) is 43.0 Å². The number of ether oxygens (including phenoxy) is 2. The van der Waals surface area contributed by atoms with Crippen LogP contribution in [-0.4, -0.2) is 42.6 Å². The maximum atomic E-state index is 13.4. The minimum absolute atomic E-state index is 0.0270. The normalized spacial score (nSPS) is 14.4. The molecule has 2 amide bonds. The SMILES string of the molecule is CCOc1ccc(C2=C(Nc3ccc(C(C)(C)C)cc3)C(=O)N(CCCOC(C)C)C2=O)cc1. The number of carbonyl (C=O) groups is 2. The molecule has 6 nitrogen and oxygen atoms in total. The molecule has 0 aromatic heterocycles. The second kappa shape index (κ2) is 10.9. The van der Waals surface area contributed by atoms with Crippen LogP contribution in [0.4, 0.5) is 5.69 Å². The topological polar surface area (TPSA) is 67.9 Å². The fraction of sp³-hybridized carbons (Fsp3) is 0.429. The molecule has 2 aromatic rings. The van der Waals surface area contributed by atoms with E-state index in [-0.39, 0.29) is 23.3 Å². The minimum Gasteiger partial charge on any atom is -0.494 e. The molecular weight excluding hydrogens is 428 g/mol. The Morgan fingerprint density at radius 2 is 1.59 bits per heavy atom. The van der Waals surface area contributed by atoms with Crippen LogP contribution in [0.2, 0.25) is 0 Å². The number of amides is 2. The monoisotopic (exact) mass is 464 g/mol. The zero-order valence-electron chi connectivity index (χ0n) is 21.1. The highest BCUT2D eigenvalue weighted by molar-refractivity contribution is 6.36. The fourth-order valence-electron chi connectivity index (χ4n) is 3.79. The molecule has 1 aliphatic heterocycles. The standard InChI is InChI=1S/C28H36N2O4/c1-7-33-23-15-9-20(10-16-23)24-25(29-22-13-11-21(12-14-22)28(4,5)6)27(32)30(26(24)31)17-8-18-34-19(2)3/h9-16,19,29H,7-8,17-18H2,1-6H3. The molecular formula is C28H36N2O4. The number of anilines is 1. The summed E-state index contributed by atoms with van der Waals surface area (Å²) in [5.74, 6) is 0.101. The molecule has 34 heavy (non-hydrogen) atoms. The van der Waals surface area contributed by atoms with E-state index < -0.39 is 0 Å². The van der Waals surface area contributed by atoms with Gasteiger partial charge in [0.2, 0.25) is 0 Å². The third kappa shape index (κ3) is 6.06. The van der Waals surface area contributed by atoms with Gasteiger partial charge < -0.3 is 14.8 Å². The predicted molar refractivity (Wildman–Crippen MR) is 136 cm³/mol. The Balaban J connectivity index is 1.90. The maximum absolute atomic E-state index is 13.4. The summed E-state index contributed by atoms with van der Waals surface area (Å²) in [6.07, 6.45) is 0.690. The van der Waals surface area contributed by atoms with Gasteiger partial charge in [-0.15, -0.1) is 0 Å². The third-order valence-corrected chi connectivity index (χ3v) is 5.62.